The first-order valence-electron chi connectivity index (χ1n) is 11.3. The van der Waals surface area contributed by atoms with E-state index in [1.165, 1.54) is 6.33 Å². The summed E-state index contributed by atoms with van der Waals surface area (Å²) >= 11 is 12.4. The average Bonchev–Trinajstić information content (AvgIpc) is 3.32. The van der Waals surface area contributed by atoms with Crippen LogP contribution in [0.1, 0.15) is 29.7 Å². The van der Waals surface area contributed by atoms with Crippen LogP contribution in [0, 0.1) is 6.92 Å². The molecule has 1 aliphatic rings. The number of para-hydroxylation sites is 1. The molecular formula is C27H23Cl2N5O2. The zero-order chi connectivity index (χ0) is 25.2. The highest BCUT2D eigenvalue weighted by atomic mass is 35.5. The Labute approximate surface area is 218 Å². The standard InChI is InChI=1S/C27H23Cl2N5O2/c1-16-7-11-20(12-8-16)33-26(35)24-17(2)32-27-30-15-31-34(27)25(24)21-5-3-4-6-23(21)36-14-18-9-10-19(28)13-22(18)29/h3-13,15,25H,14H2,1-2H3,(H,33,35)(H,30,31,32). The normalized spacial score (nSPS) is 14.7. The molecule has 0 radical (unpaired) electrons. The van der Waals surface area contributed by atoms with Crippen LogP contribution < -0.4 is 15.4 Å². The van der Waals surface area contributed by atoms with E-state index in [1.54, 1.807) is 16.8 Å². The quantitative estimate of drug-likeness (QED) is 0.308. The summed E-state index contributed by atoms with van der Waals surface area (Å²) in [5, 5.41) is 11.7. The fourth-order valence-electron chi connectivity index (χ4n) is 4.14. The Kier molecular flexibility index (Phi) is 6.67. The molecule has 0 bridgehead atoms. The Morgan fingerprint density at radius 3 is 2.64 bits per heavy atom. The largest absolute Gasteiger partial charge is 0.488 e. The number of rotatable bonds is 6. The Morgan fingerprint density at radius 2 is 1.86 bits per heavy atom. The lowest BCUT2D eigenvalue weighted by Crippen LogP contribution is -2.31. The van der Waals surface area contributed by atoms with E-state index in [2.05, 4.69) is 20.7 Å². The van der Waals surface area contributed by atoms with Crippen LogP contribution in [-0.2, 0) is 11.4 Å². The fraction of sp³-hybridized carbons (Fsp3) is 0.148. The first-order valence-corrected chi connectivity index (χ1v) is 12.1. The molecule has 3 aromatic carbocycles. The predicted octanol–water partition coefficient (Wildman–Crippen LogP) is 6.40. The third kappa shape index (κ3) is 4.80. The number of carbonyl (C=O) groups excluding carboxylic acids is 1. The number of fused-ring (bicyclic) bond motifs is 1. The van der Waals surface area contributed by atoms with Crippen molar-refractivity contribution in [2.75, 3.05) is 10.6 Å². The lowest BCUT2D eigenvalue weighted by molar-refractivity contribution is -0.113. The van der Waals surface area contributed by atoms with Crippen molar-refractivity contribution in [2.45, 2.75) is 26.5 Å². The SMILES string of the molecule is CC1=C(C(=O)Nc2ccc(C)cc2)C(c2ccccc2OCc2ccc(Cl)cc2Cl)n2ncnc2N1. The maximum Gasteiger partial charge on any atom is 0.255 e. The molecular weight excluding hydrogens is 497 g/mol. The second-order valence-corrected chi connectivity index (χ2v) is 9.32. The third-order valence-corrected chi connectivity index (χ3v) is 6.55. The van der Waals surface area contributed by atoms with E-state index in [1.807, 2.05) is 68.4 Å². The Bertz CT molecular complexity index is 1460. The van der Waals surface area contributed by atoms with Gasteiger partial charge in [0, 0.05) is 32.6 Å². The number of benzene rings is 3. The van der Waals surface area contributed by atoms with E-state index in [9.17, 15) is 4.79 Å². The summed E-state index contributed by atoms with van der Waals surface area (Å²) < 4.78 is 7.91. The Morgan fingerprint density at radius 1 is 1.08 bits per heavy atom. The molecule has 4 aromatic rings. The van der Waals surface area contributed by atoms with Crippen LogP contribution in [0.5, 0.6) is 5.75 Å². The molecule has 2 N–H and O–H groups in total. The molecule has 0 aliphatic carbocycles. The van der Waals surface area contributed by atoms with Gasteiger partial charge in [0.1, 0.15) is 24.7 Å². The average molecular weight is 520 g/mol. The number of hydrogen-bond donors (Lipinski definition) is 2. The van der Waals surface area contributed by atoms with Crippen LogP contribution in [0.4, 0.5) is 11.6 Å². The van der Waals surface area contributed by atoms with Gasteiger partial charge in [0.05, 0.1) is 5.57 Å². The number of amides is 1. The van der Waals surface area contributed by atoms with Crippen molar-refractivity contribution in [1.29, 1.82) is 0 Å². The number of ether oxygens (including phenoxy) is 1. The van der Waals surface area contributed by atoms with Crippen molar-refractivity contribution in [3.8, 4) is 5.75 Å². The van der Waals surface area contributed by atoms with Gasteiger partial charge in [0.15, 0.2) is 0 Å². The van der Waals surface area contributed by atoms with Crippen molar-refractivity contribution in [1.82, 2.24) is 14.8 Å². The molecule has 0 saturated carbocycles. The van der Waals surface area contributed by atoms with Gasteiger partial charge in [0.25, 0.3) is 5.91 Å². The smallest absolute Gasteiger partial charge is 0.255 e. The second kappa shape index (κ2) is 10.0. The molecule has 9 heteroatoms. The second-order valence-electron chi connectivity index (χ2n) is 8.48. The molecule has 1 amide bonds. The number of nitrogens with one attached hydrogen (secondary N) is 2. The summed E-state index contributed by atoms with van der Waals surface area (Å²) in [4.78, 5) is 17.9. The third-order valence-electron chi connectivity index (χ3n) is 5.96. The van der Waals surface area contributed by atoms with Gasteiger partial charge in [0.2, 0.25) is 5.95 Å². The maximum atomic E-state index is 13.6. The number of anilines is 2. The molecule has 2 heterocycles. The summed E-state index contributed by atoms with van der Waals surface area (Å²) in [5.41, 5.74) is 4.57. The lowest BCUT2D eigenvalue weighted by atomic mass is 9.94. The summed E-state index contributed by atoms with van der Waals surface area (Å²) in [6.45, 7) is 4.09. The molecule has 7 nitrogen and oxygen atoms in total. The molecule has 1 atom stereocenters. The van der Waals surface area contributed by atoms with Gasteiger partial charge < -0.3 is 15.4 Å². The van der Waals surface area contributed by atoms with Crippen molar-refractivity contribution < 1.29 is 9.53 Å². The molecule has 0 spiro atoms. The molecule has 5 rings (SSSR count). The van der Waals surface area contributed by atoms with Crippen LogP contribution >= 0.6 is 23.2 Å². The van der Waals surface area contributed by atoms with Gasteiger partial charge in [-0.15, -0.1) is 0 Å². The molecule has 0 fully saturated rings. The highest BCUT2D eigenvalue weighted by molar-refractivity contribution is 6.35. The van der Waals surface area contributed by atoms with Crippen molar-refractivity contribution in [3.63, 3.8) is 0 Å². The molecule has 1 unspecified atom stereocenters. The lowest BCUT2D eigenvalue weighted by Gasteiger charge is -2.29. The van der Waals surface area contributed by atoms with Crippen LogP contribution in [0.2, 0.25) is 10.0 Å². The van der Waals surface area contributed by atoms with Crippen molar-refractivity contribution in [2.24, 2.45) is 0 Å². The van der Waals surface area contributed by atoms with Crippen LogP contribution in [-0.4, -0.2) is 20.7 Å². The summed E-state index contributed by atoms with van der Waals surface area (Å²) in [6, 6.07) is 20.0. The number of aryl methyl sites for hydroxylation is 1. The van der Waals surface area contributed by atoms with Gasteiger partial charge in [-0.1, -0.05) is 65.2 Å². The number of hydrogen-bond acceptors (Lipinski definition) is 5. The summed E-state index contributed by atoms with van der Waals surface area (Å²) in [5.74, 6) is 0.899. The molecule has 0 saturated heterocycles. The number of aromatic nitrogens is 3. The molecule has 182 valence electrons. The topological polar surface area (TPSA) is 81.1 Å². The van der Waals surface area contributed by atoms with E-state index in [0.29, 0.717) is 38.7 Å². The highest BCUT2D eigenvalue weighted by Crippen LogP contribution is 2.39. The number of carbonyl (C=O) groups is 1. The number of allylic oxidation sites excluding steroid dienone is 1. The van der Waals surface area contributed by atoms with E-state index in [-0.39, 0.29) is 12.5 Å². The minimum Gasteiger partial charge on any atom is -0.488 e. The molecule has 1 aromatic heterocycles. The van der Waals surface area contributed by atoms with E-state index in [0.717, 1.165) is 16.7 Å². The van der Waals surface area contributed by atoms with Crippen molar-refractivity contribution >= 4 is 40.7 Å². The van der Waals surface area contributed by atoms with E-state index < -0.39 is 6.04 Å². The minimum atomic E-state index is -0.564. The van der Waals surface area contributed by atoms with Gasteiger partial charge in [-0.3, -0.25) is 4.79 Å². The van der Waals surface area contributed by atoms with Gasteiger partial charge in [-0.05, 0) is 44.2 Å². The fourth-order valence-corrected chi connectivity index (χ4v) is 4.60. The van der Waals surface area contributed by atoms with Gasteiger partial charge in [-0.2, -0.15) is 10.1 Å². The number of nitrogens with zero attached hydrogens (tertiary/aromatic N) is 3. The zero-order valence-electron chi connectivity index (χ0n) is 19.6. The maximum absolute atomic E-state index is 13.6. The first-order chi connectivity index (χ1) is 17.4. The summed E-state index contributed by atoms with van der Waals surface area (Å²) in [6.07, 6.45) is 1.46. The number of halogens is 2. The highest BCUT2D eigenvalue weighted by Gasteiger charge is 2.35. The Hall–Kier alpha value is -3.81. The van der Waals surface area contributed by atoms with Crippen molar-refractivity contribution in [3.05, 3.63) is 111 Å². The van der Waals surface area contributed by atoms with Gasteiger partial charge >= 0.3 is 0 Å². The van der Waals surface area contributed by atoms with Crippen LogP contribution in [0.25, 0.3) is 0 Å². The molecule has 1 aliphatic heterocycles. The van der Waals surface area contributed by atoms with Gasteiger partial charge in [-0.25, -0.2) is 4.68 Å². The minimum absolute atomic E-state index is 0.232. The van der Waals surface area contributed by atoms with Crippen LogP contribution in [0.3, 0.4) is 0 Å². The Balaban J connectivity index is 1.51. The monoisotopic (exact) mass is 519 g/mol. The predicted molar refractivity (Wildman–Crippen MR) is 142 cm³/mol. The zero-order valence-corrected chi connectivity index (χ0v) is 21.1. The summed E-state index contributed by atoms with van der Waals surface area (Å²) in [7, 11) is 0. The van der Waals surface area contributed by atoms with Crippen LogP contribution in [0.15, 0.2) is 84.3 Å². The first kappa shape index (κ1) is 23.9. The molecule has 36 heavy (non-hydrogen) atoms. The van der Waals surface area contributed by atoms with E-state index in [4.69, 9.17) is 27.9 Å². The van der Waals surface area contributed by atoms with E-state index >= 15 is 0 Å².